The number of carbonyl (C=O) groups is 1. The summed E-state index contributed by atoms with van der Waals surface area (Å²) in [6.45, 7) is 2.34. The van der Waals surface area contributed by atoms with Crippen LogP contribution >= 0.6 is 34.2 Å². The minimum Gasteiger partial charge on any atom is -0.493 e. The lowest BCUT2D eigenvalue weighted by molar-refractivity contribution is -0.129. The number of hydrogen-bond acceptors (Lipinski definition) is 5. The van der Waals surface area contributed by atoms with Crippen LogP contribution in [0.25, 0.3) is 6.08 Å². The number of hydrogen-bond donors (Lipinski definition) is 0. The minimum absolute atomic E-state index is 0.186. The molecule has 0 spiro atoms. The van der Waals surface area contributed by atoms with Crippen LogP contribution in [0.3, 0.4) is 0 Å². The second kappa shape index (κ2) is 9.75. The zero-order valence-electron chi connectivity index (χ0n) is 17.4. The van der Waals surface area contributed by atoms with Crippen molar-refractivity contribution in [3.8, 4) is 11.5 Å². The summed E-state index contributed by atoms with van der Waals surface area (Å²) in [5, 5.41) is 0.372. The molecule has 0 amide bonds. The molecule has 1 aliphatic heterocycles. The number of methoxy groups -OCH3 is 1. The smallest absolute Gasteiger partial charge is 0.363 e. The second-order valence-electron chi connectivity index (χ2n) is 7.12. The Bertz CT molecular complexity index is 1240. The first-order chi connectivity index (χ1) is 15.4. The average Bonchev–Trinajstić information content (AvgIpc) is 3.14. The SMILES string of the molecule is COc1cc(/C=C2\N=C(c3ccc(C)cc3)OC2=O)cc(Cl)c1OCc1ccccc1I. The molecule has 0 atom stereocenters. The second-order valence-corrected chi connectivity index (χ2v) is 8.69. The fraction of sp³-hybridized carbons (Fsp3) is 0.120. The Balaban J connectivity index is 1.59. The van der Waals surface area contributed by atoms with Crippen LogP contribution in [0, 0.1) is 10.5 Å². The van der Waals surface area contributed by atoms with Gasteiger partial charge in [-0.3, -0.25) is 0 Å². The predicted molar refractivity (Wildman–Crippen MR) is 133 cm³/mol. The van der Waals surface area contributed by atoms with Crippen molar-refractivity contribution in [1.82, 2.24) is 0 Å². The molecule has 3 aromatic carbocycles. The molecule has 1 heterocycles. The van der Waals surface area contributed by atoms with Crippen molar-refractivity contribution in [3.63, 3.8) is 0 Å². The maximum Gasteiger partial charge on any atom is 0.363 e. The topological polar surface area (TPSA) is 57.1 Å². The van der Waals surface area contributed by atoms with Crippen molar-refractivity contribution < 1.29 is 19.0 Å². The van der Waals surface area contributed by atoms with Gasteiger partial charge in [0.25, 0.3) is 0 Å². The third-order valence-corrected chi connectivity index (χ3v) is 6.14. The summed E-state index contributed by atoms with van der Waals surface area (Å²) in [6.07, 6.45) is 1.61. The number of esters is 1. The van der Waals surface area contributed by atoms with E-state index >= 15 is 0 Å². The Morgan fingerprint density at radius 1 is 1.12 bits per heavy atom. The molecule has 0 N–H and O–H groups in total. The molecule has 0 aromatic heterocycles. The van der Waals surface area contributed by atoms with E-state index in [0.717, 1.165) is 20.3 Å². The number of cyclic esters (lactones) is 1. The Labute approximate surface area is 204 Å². The van der Waals surface area contributed by atoms with Crippen LogP contribution in [0.15, 0.2) is 71.4 Å². The molecule has 0 aliphatic carbocycles. The van der Waals surface area contributed by atoms with E-state index in [9.17, 15) is 4.79 Å². The Morgan fingerprint density at radius 3 is 2.59 bits per heavy atom. The van der Waals surface area contributed by atoms with E-state index in [4.69, 9.17) is 25.8 Å². The van der Waals surface area contributed by atoms with E-state index < -0.39 is 5.97 Å². The van der Waals surface area contributed by atoms with Crippen LogP contribution in [-0.4, -0.2) is 19.0 Å². The van der Waals surface area contributed by atoms with E-state index in [1.165, 1.54) is 0 Å². The zero-order valence-corrected chi connectivity index (χ0v) is 20.3. The van der Waals surface area contributed by atoms with Gasteiger partial charge >= 0.3 is 5.97 Å². The van der Waals surface area contributed by atoms with Gasteiger partial charge in [-0.25, -0.2) is 9.79 Å². The predicted octanol–water partition coefficient (Wildman–Crippen LogP) is 6.19. The summed E-state index contributed by atoms with van der Waals surface area (Å²) >= 11 is 8.76. The van der Waals surface area contributed by atoms with E-state index in [0.29, 0.717) is 28.7 Å². The van der Waals surface area contributed by atoms with Gasteiger partial charge in [-0.2, -0.15) is 0 Å². The quantitative estimate of drug-likeness (QED) is 0.205. The van der Waals surface area contributed by atoms with Crippen molar-refractivity contribution in [2.75, 3.05) is 7.11 Å². The molecule has 0 unspecified atom stereocenters. The van der Waals surface area contributed by atoms with Gasteiger partial charge in [0.1, 0.15) is 6.61 Å². The minimum atomic E-state index is -0.519. The lowest BCUT2D eigenvalue weighted by atomic mass is 10.1. The molecule has 1 aliphatic rings. The number of benzene rings is 3. The first-order valence-electron chi connectivity index (χ1n) is 9.78. The molecule has 0 bridgehead atoms. The van der Waals surface area contributed by atoms with Crippen molar-refractivity contribution in [1.29, 1.82) is 0 Å². The van der Waals surface area contributed by atoms with E-state index in [-0.39, 0.29) is 11.6 Å². The third-order valence-electron chi connectivity index (χ3n) is 4.80. The number of ether oxygens (including phenoxy) is 3. The monoisotopic (exact) mass is 559 g/mol. The van der Waals surface area contributed by atoms with E-state index in [1.54, 1.807) is 25.3 Å². The summed E-state index contributed by atoms with van der Waals surface area (Å²) in [5.74, 6) is 0.657. The summed E-state index contributed by atoms with van der Waals surface area (Å²) in [5.41, 5.74) is 3.73. The van der Waals surface area contributed by atoms with Gasteiger partial charge in [0.05, 0.1) is 12.1 Å². The average molecular weight is 560 g/mol. The Morgan fingerprint density at radius 2 is 1.88 bits per heavy atom. The first-order valence-corrected chi connectivity index (χ1v) is 11.2. The highest BCUT2D eigenvalue weighted by Crippen LogP contribution is 2.38. The van der Waals surface area contributed by atoms with E-state index in [2.05, 4.69) is 27.6 Å². The van der Waals surface area contributed by atoms with Crippen molar-refractivity contribution in [2.24, 2.45) is 4.99 Å². The number of nitrogens with zero attached hydrogens (tertiary/aromatic N) is 1. The fourth-order valence-corrected chi connectivity index (χ4v) is 3.93. The fourth-order valence-electron chi connectivity index (χ4n) is 3.12. The molecule has 3 aromatic rings. The van der Waals surface area contributed by atoms with Crippen LogP contribution in [0.4, 0.5) is 0 Å². The highest BCUT2D eigenvalue weighted by atomic mass is 127. The highest BCUT2D eigenvalue weighted by Gasteiger charge is 2.24. The molecule has 162 valence electrons. The van der Waals surface area contributed by atoms with Crippen LogP contribution in [0.1, 0.15) is 22.3 Å². The van der Waals surface area contributed by atoms with Gasteiger partial charge in [-0.15, -0.1) is 0 Å². The molecule has 0 fully saturated rings. The van der Waals surface area contributed by atoms with Crippen molar-refractivity contribution in [3.05, 3.63) is 97.2 Å². The molecule has 32 heavy (non-hydrogen) atoms. The van der Waals surface area contributed by atoms with Gasteiger partial charge in [0.15, 0.2) is 17.2 Å². The summed E-state index contributed by atoms with van der Waals surface area (Å²) in [6, 6.07) is 19.0. The number of halogens is 2. The largest absolute Gasteiger partial charge is 0.493 e. The molecule has 0 radical (unpaired) electrons. The van der Waals surface area contributed by atoms with Crippen molar-refractivity contribution >= 4 is 52.1 Å². The Hall–Kier alpha value is -2.84. The molecule has 0 saturated carbocycles. The van der Waals surface area contributed by atoms with Crippen molar-refractivity contribution in [2.45, 2.75) is 13.5 Å². The van der Waals surface area contributed by atoms with Gasteiger partial charge < -0.3 is 14.2 Å². The molecule has 7 heteroatoms. The summed E-state index contributed by atoms with van der Waals surface area (Å²) in [4.78, 5) is 16.7. The first kappa shape index (κ1) is 22.4. The summed E-state index contributed by atoms with van der Waals surface area (Å²) < 4.78 is 17.9. The van der Waals surface area contributed by atoms with E-state index in [1.807, 2.05) is 55.5 Å². The Kier molecular flexibility index (Phi) is 6.81. The maximum atomic E-state index is 12.3. The lowest BCUT2D eigenvalue weighted by Crippen LogP contribution is -2.05. The van der Waals surface area contributed by atoms with Gasteiger partial charge in [0, 0.05) is 14.7 Å². The number of aryl methyl sites for hydroxylation is 1. The standard InChI is InChI=1S/C25H19ClINO4/c1-15-7-9-17(10-8-15)24-28-21(25(29)32-24)12-16-11-19(26)23(22(13-16)30-2)31-14-18-5-3-4-6-20(18)27/h3-13H,14H2,1-2H3/b21-12-. The molecular weight excluding hydrogens is 541 g/mol. The molecule has 4 rings (SSSR count). The van der Waals surface area contributed by atoms with Crippen LogP contribution in [-0.2, 0) is 16.1 Å². The summed E-state index contributed by atoms with van der Waals surface area (Å²) in [7, 11) is 1.54. The molecule has 5 nitrogen and oxygen atoms in total. The maximum absolute atomic E-state index is 12.3. The molecule has 0 saturated heterocycles. The normalized spacial score (nSPS) is 14.3. The molecular formula is C25H19ClINO4. The number of aliphatic imine (C=N–C) groups is 1. The number of carbonyl (C=O) groups excluding carboxylic acids is 1. The lowest BCUT2D eigenvalue weighted by Gasteiger charge is -2.14. The zero-order chi connectivity index (χ0) is 22.7. The number of rotatable bonds is 6. The highest BCUT2D eigenvalue weighted by molar-refractivity contribution is 14.1. The van der Waals surface area contributed by atoms with Crippen LogP contribution in [0.5, 0.6) is 11.5 Å². The van der Waals surface area contributed by atoms with Gasteiger partial charge in [-0.1, -0.05) is 47.5 Å². The van der Waals surface area contributed by atoms with Crippen LogP contribution < -0.4 is 9.47 Å². The van der Waals surface area contributed by atoms with Crippen LogP contribution in [0.2, 0.25) is 5.02 Å². The van der Waals surface area contributed by atoms with Gasteiger partial charge in [-0.05, 0) is 71.5 Å². The third kappa shape index (κ3) is 4.97. The van der Waals surface area contributed by atoms with Gasteiger partial charge in [0.2, 0.25) is 5.90 Å².